The fourth-order valence-electron chi connectivity index (χ4n) is 2.46. The highest BCUT2D eigenvalue weighted by molar-refractivity contribution is 7.20. The number of carbonyl (C=O) groups is 1. The van der Waals surface area contributed by atoms with Crippen molar-refractivity contribution in [2.75, 3.05) is 5.32 Å². The number of anilines is 1. The molecule has 1 N–H and O–H groups in total. The summed E-state index contributed by atoms with van der Waals surface area (Å²) < 4.78 is 6.43. The van der Waals surface area contributed by atoms with Crippen LogP contribution < -0.4 is 5.32 Å². The number of aryl methyl sites for hydroxylation is 1. The molecule has 5 nitrogen and oxygen atoms in total. The molecule has 4 rings (SSSR count). The third kappa shape index (κ3) is 4.44. The Balaban J connectivity index is 1.33. The Kier molecular flexibility index (Phi) is 5.33. The molecule has 3 aromatic heterocycles. The van der Waals surface area contributed by atoms with Crippen LogP contribution in [0.5, 0.6) is 0 Å². The van der Waals surface area contributed by atoms with E-state index in [4.69, 9.17) is 16.0 Å². The van der Waals surface area contributed by atoms with Crippen molar-refractivity contribution in [1.29, 1.82) is 0 Å². The predicted molar refractivity (Wildman–Crippen MR) is 109 cm³/mol. The summed E-state index contributed by atoms with van der Waals surface area (Å²) in [6.07, 6.45) is 2.38. The second kappa shape index (κ2) is 8.04. The van der Waals surface area contributed by atoms with Gasteiger partial charge in [-0.05, 0) is 12.1 Å². The number of carbonyl (C=O) groups excluding carboxylic acids is 1. The Bertz CT molecular complexity index is 1060. The normalized spacial score (nSPS) is 10.9. The van der Waals surface area contributed by atoms with Crippen molar-refractivity contribution < 1.29 is 9.21 Å². The fraction of sp³-hybridized carbons (Fsp3) is 0.105. The molecule has 0 bridgehead atoms. The van der Waals surface area contributed by atoms with Gasteiger partial charge in [0, 0.05) is 23.8 Å². The molecule has 136 valence electrons. The number of halogens is 1. The van der Waals surface area contributed by atoms with Crippen molar-refractivity contribution in [2.24, 2.45) is 0 Å². The summed E-state index contributed by atoms with van der Waals surface area (Å²) in [4.78, 5) is 21.8. The molecule has 0 aliphatic heterocycles. The topological polar surface area (TPSA) is 68.0 Å². The highest BCUT2D eigenvalue weighted by atomic mass is 35.5. The number of thiazole rings is 1. The molecule has 8 heteroatoms. The first-order chi connectivity index (χ1) is 13.2. The molecule has 27 heavy (non-hydrogen) atoms. The Morgan fingerprint density at radius 2 is 2.04 bits per heavy atom. The fourth-order valence-corrected chi connectivity index (χ4v) is 4.27. The number of rotatable bonds is 6. The van der Waals surface area contributed by atoms with E-state index in [2.05, 4.69) is 15.3 Å². The van der Waals surface area contributed by atoms with Crippen LogP contribution in [0.3, 0.4) is 0 Å². The number of nitrogens with one attached hydrogen (secondary N) is 1. The van der Waals surface area contributed by atoms with Crippen LogP contribution in [0.1, 0.15) is 12.3 Å². The van der Waals surface area contributed by atoms with E-state index in [1.807, 2.05) is 47.8 Å². The number of thiophene rings is 1. The van der Waals surface area contributed by atoms with Crippen molar-refractivity contribution >= 4 is 45.3 Å². The minimum Gasteiger partial charge on any atom is -0.441 e. The van der Waals surface area contributed by atoms with Crippen molar-refractivity contribution in [1.82, 2.24) is 9.97 Å². The molecule has 3 heterocycles. The van der Waals surface area contributed by atoms with Gasteiger partial charge in [-0.3, -0.25) is 4.79 Å². The SMILES string of the molecule is O=C(CCc1ncc(-c2ccccc2)o1)Nc1nc(-c2ccc(Cl)s2)cs1. The van der Waals surface area contributed by atoms with Crippen LogP contribution >= 0.6 is 34.3 Å². The molecule has 4 aromatic rings. The van der Waals surface area contributed by atoms with Gasteiger partial charge < -0.3 is 9.73 Å². The van der Waals surface area contributed by atoms with Gasteiger partial charge in [0.1, 0.15) is 0 Å². The number of oxazole rings is 1. The Morgan fingerprint density at radius 3 is 2.81 bits per heavy atom. The van der Waals surface area contributed by atoms with Crippen molar-refractivity contribution in [3.05, 3.63) is 64.3 Å². The number of nitrogens with zero attached hydrogens (tertiary/aromatic N) is 2. The van der Waals surface area contributed by atoms with E-state index in [0.717, 1.165) is 16.1 Å². The van der Waals surface area contributed by atoms with Crippen molar-refractivity contribution in [2.45, 2.75) is 12.8 Å². The van der Waals surface area contributed by atoms with Gasteiger partial charge in [0.05, 0.1) is 21.1 Å². The zero-order chi connectivity index (χ0) is 18.6. The third-order valence-electron chi connectivity index (χ3n) is 3.75. The highest BCUT2D eigenvalue weighted by Crippen LogP contribution is 2.32. The molecule has 0 saturated carbocycles. The first kappa shape index (κ1) is 17.9. The summed E-state index contributed by atoms with van der Waals surface area (Å²) in [5.41, 5.74) is 1.78. The molecular weight excluding hydrogens is 402 g/mol. The first-order valence-corrected chi connectivity index (χ1v) is 10.3. The average molecular weight is 416 g/mol. The minimum atomic E-state index is -0.125. The lowest BCUT2D eigenvalue weighted by atomic mass is 10.2. The van der Waals surface area contributed by atoms with Gasteiger partial charge in [-0.1, -0.05) is 41.9 Å². The average Bonchev–Trinajstić information content (AvgIpc) is 3.41. The molecule has 0 saturated heterocycles. The zero-order valence-corrected chi connectivity index (χ0v) is 16.4. The molecule has 0 aliphatic rings. The largest absolute Gasteiger partial charge is 0.441 e. The van der Waals surface area contributed by atoms with Gasteiger partial charge in [-0.15, -0.1) is 22.7 Å². The van der Waals surface area contributed by atoms with E-state index in [1.54, 1.807) is 6.20 Å². The quantitative estimate of drug-likeness (QED) is 0.435. The van der Waals surface area contributed by atoms with Gasteiger partial charge in [-0.25, -0.2) is 9.97 Å². The smallest absolute Gasteiger partial charge is 0.226 e. The summed E-state index contributed by atoms with van der Waals surface area (Å²) in [5, 5.41) is 5.29. The number of hydrogen-bond acceptors (Lipinski definition) is 6. The van der Waals surface area contributed by atoms with Crippen molar-refractivity contribution in [3.63, 3.8) is 0 Å². The van der Waals surface area contributed by atoms with Crippen LogP contribution in [0.4, 0.5) is 5.13 Å². The van der Waals surface area contributed by atoms with Gasteiger partial charge in [0.2, 0.25) is 5.91 Å². The molecule has 0 radical (unpaired) electrons. The Labute approximate surface area is 168 Å². The number of amides is 1. The molecule has 0 aliphatic carbocycles. The summed E-state index contributed by atoms with van der Waals surface area (Å²) in [7, 11) is 0. The summed E-state index contributed by atoms with van der Waals surface area (Å²) in [5.74, 6) is 1.11. The molecule has 0 spiro atoms. The van der Waals surface area contributed by atoms with Crippen LogP contribution in [0.15, 0.2) is 58.5 Å². The number of benzene rings is 1. The van der Waals surface area contributed by atoms with Gasteiger partial charge in [0.25, 0.3) is 0 Å². The lowest BCUT2D eigenvalue weighted by Gasteiger charge is -2.00. The molecular formula is C19H14ClN3O2S2. The molecule has 0 fully saturated rings. The van der Waals surface area contributed by atoms with Crippen LogP contribution in [-0.4, -0.2) is 15.9 Å². The van der Waals surface area contributed by atoms with E-state index in [1.165, 1.54) is 22.7 Å². The van der Waals surface area contributed by atoms with Crippen LogP contribution in [0.2, 0.25) is 4.34 Å². The Morgan fingerprint density at radius 1 is 1.19 bits per heavy atom. The summed E-state index contributed by atoms with van der Waals surface area (Å²) in [6, 6.07) is 13.5. The predicted octanol–water partition coefficient (Wildman–Crippen LogP) is 5.75. The number of aromatic nitrogens is 2. The summed E-state index contributed by atoms with van der Waals surface area (Å²) in [6.45, 7) is 0. The van der Waals surface area contributed by atoms with Crippen LogP contribution in [0, 0.1) is 0 Å². The van der Waals surface area contributed by atoms with Crippen LogP contribution in [0.25, 0.3) is 21.9 Å². The molecule has 1 aromatic carbocycles. The maximum atomic E-state index is 12.2. The summed E-state index contributed by atoms with van der Waals surface area (Å²) >= 11 is 8.80. The first-order valence-electron chi connectivity index (χ1n) is 8.18. The highest BCUT2D eigenvalue weighted by Gasteiger charge is 2.12. The van der Waals surface area contributed by atoms with E-state index < -0.39 is 0 Å². The van der Waals surface area contributed by atoms with Gasteiger partial charge in [-0.2, -0.15) is 0 Å². The van der Waals surface area contributed by atoms with Crippen molar-refractivity contribution in [3.8, 4) is 21.9 Å². The third-order valence-corrected chi connectivity index (χ3v) is 5.77. The van der Waals surface area contributed by atoms with E-state index in [-0.39, 0.29) is 12.3 Å². The minimum absolute atomic E-state index is 0.125. The number of hydrogen-bond donors (Lipinski definition) is 1. The monoisotopic (exact) mass is 415 g/mol. The molecule has 1 amide bonds. The maximum absolute atomic E-state index is 12.2. The maximum Gasteiger partial charge on any atom is 0.226 e. The molecule has 0 atom stereocenters. The van der Waals surface area contributed by atoms with E-state index in [9.17, 15) is 4.79 Å². The Hall–Kier alpha value is -2.48. The second-order valence-electron chi connectivity index (χ2n) is 5.67. The van der Waals surface area contributed by atoms with Gasteiger partial charge >= 0.3 is 0 Å². The van der Waals surface area contributed by atoms with E-state index >= 15 is 0 Å². The van der Waals surface area contributed by atoms with Gasteiger partial charge in [0.15, 0.2) is 16.8 Å². The standard InChI is InChI=1S/C19H14ClN3O2S2/c20-16-7-6-15(27-16)13-11-26-19(22-13)23-17(24)8-9-18-21-10-14(25-18)12-4-2-1-3-5-12/h1-7,10-11H,8-9H2,(H,22,23,24). The molecule has 0 unspecified atom stereocenters. The second-order valence-corrected chi connectivity index (χ2v) is 8.25. The van der Waals surface area contributed by atoms with E-state index in [0.29, 0.717) is 27.5 Å². The van der Waals surface area contributed by atoms with Crippen LogP contribution in [-0.2, 0) is 11.2 Å². The lowest BCUT2D eigenvalue weighted by molar-refractivity contribution is -0.116. The lowest BCUT2D eigenvalue weighted by Crippen LogP contribution is -2.12. The zero-order valence-electron chi connectivity index (χ0n) is 14.0.